The Kier molecular flexibility index (Phi) is 6.47. The third-order valence-electron chi connectivity index (χ3n) is 4.43. The zero-order chi connectivity index (χ0) is 21.1. The van der Waals surface area contributed by atoms with Crippen LogP contribution in [0.5, 0.6) is 0 Å². The Morgan fingerprint density at radius 2 is 1.97 bits per heavy atom. The second-order valence-corrected chi connectivity index (χ2v) is 8.43. The number of esters is 1. The topological polar surface area (TPSA) is 63.9 Å². The second-order valence-electron chi connectivity index (χ2n) is 7.42. The maximum atomic E-state index is 13.0. The van der Waals surface area contributed by atoms with Gasteiger partial charge in [-0.3, -0.25) is 19.5 Å². The van der Waals surface area contributed by atoms with Crippen LogP contribution in [0.25, 0.3) is 17.0 Å². The van der Waals surface area contributed by atoms with Crippen LogP contribution in [0.1, 0.15) is 40.2 Å². The van der Waals surface area contributed by atoms with E-state index in [-0.39, 0.29) is 30.5 Å². The van der Waals surface area contributed by atoms with Gasteiger partial charge in [-0.1, -0.05) is 18.2 Å². The number of ether oxygens (including phenoxy) is 1. The Bertz CT molecular complexity index is 988. The Labute approximate surface area is 175 Å². The maximum Gasteiger partial charge on any atom is 0.325 e. The van der Waals surface area contributed by atoms with Gasteiger partial charge in [-0.25, -0.2) is 0 Å². The van der Waals surface area contributed by atoms with Crippen LogP contribution in [0.3, 0.4) is 0 Å². The van der Waals surface area contributed by atoms with Crippen molar-refractivity contribution >= 4 is 45.8 Å². The van der Waals surface area contributed by atoms with Crippen LogP contribution in [-0.4, -0.2) is 45.2 Å². The van der Waals surface area contributed by atoms with Gasteiger partial charge in [-0.15, -0.1) is 0 Å². The van der Waals surface area contributed by atoms with Crippen molar-refractivity contribution in [1.82, 2.24) is 9.47 Å². The Morgan fingerprint density at radius 3 is 2.62 bits per heavy atom. The fourth-order valence-electron chi connectivity index (χ4n) is 3.26. The van der Waals surface area contributed by atoms with Gasteiger partial charge in [0.05, 0.1) is 11.5 Å². The summed E-state index contributed by atoms with van der Waals surface area (Å²) in [5.41, 5.74) is 1.83. The molecule has 154 valence electrons. The molecule has 0 unspecified atom stereocenters. The van der Waals surface area contributed by atoms with E-state index in [1.54, 1.807) is 11.8 Å². The minimum absolute atomic E-state index is 0.0311. The molecule has 29 heavy (non-hydrogen) atoms. The zero-order valence-electron chi connectivity index (χ0n) is 17.5. The molecule has 0 atom stereocenters. The molecule has 0 aliphatic carbocycles. The number of amides is 1. The van der Waals surface area contributed by atoms with Gasteiger partial charge in [0.25, 0.3) is 5.91 Å². The van der Waals surface area contributed by atoms with E-state index in [0.717, 1.165) is 21.6 Å². The van der Waals surface area contributed by atoms with E-state index in [0.29, 0.717) is 11.5 Å². The highest BCUT2D eigenvalue weighted by Gasteiger charge is 2.35. The molecule has 1 saturated heterocycles. The van der Waals surface area contributed by atoms with Gasteiger partial charge in [0, 0.05) is 34.7 Å². The summed E-state index contributed by atoms with van der Waals surface area (Å²) in [5, 5.41) is 1.73. The van der Waals surface area contributed by atoms with E-state index in [1.807, 2.05) is 68.8 Å². The molecule has 7 heteroatoms. The van der Waals surface area contributed by atoms with Crippen LogP contribution in [0, 0.1) is 0 Å². The summed E-state index contributed by atoms with van der Waals surface area (Å²) >= 11 is 1.40. The number of aliphatic imine (C=N–C) groups is 1. The minimum Gasteiger partial charge on any atom is -0.465 e. The zero-order valence-corrected chi connectivity index (χ0v) is 18.3. The summed E-state index contributed by atoms with van der Waals surface area (Å²) < 4.78 is 6.96. The molecule has 0 radical (unpaired) electrons. The number of thioether (sulfide) groups is 1. The number of nitrogens with zero attached hydrogens (tertiary/aromatic N) is 3. The van der Waals surface area contributed by atoms with Crippen LogP contribution < -0.4 is 0 Å². The molecule has 1 aliphatic rings. The molecule has 1 amide bonds. The van der Waals surface area contributed by atoms with Gasteiger partial charge < -0.3 is 9.30 Å². The number of para-hydroxylation sites is 1. The smallest absolute Gasteiger partial charge is 0.325 e. The van der Waals surface area contributed by atoms with Crippen molar-refractivity contribution in [3.8, 4) is 0 Å². The predicted octanol–water partition coefficient (Wildman–Crippen LogP) is 4.29. The predicted molar refractivity (Wildman–Crippen MR) is 119 cm³/mol. The first-order valence-corrected chi connectivity index (χ1v) is 10.7. The number of carbonyl (C=O) groups excluding carboxylic acids is 2. The quantitative estimate of drug-likeness (QED) is 0.523. The number of amidine groups is 1. The lowest BCUT2D eigenvalue weighted by Crippen LogP contribution is -2.35. The number of rotatable bonds is 6. The Morgan fingerprint density at radius 1 is 1.24 bits per heavy atom. The van der Waals surface area contributed by atoms with E-state index < -0.39 is 0 Å². The van der Waals surface area contributed by atoms with E-state index in [4.69, 9.17) is 4.74 Å². The molecule has 1 aliphatic heterocycles. The number of hydrogen-bond donors (Lipinski definition) is 0. The van der Waals surface area contributed by atoms with Crippen molar-refractivity contribution in [1.29, 1.82) is 0 Å². The Hall–Kier alpha value is -2.54. The number of benzene rings is 1. The average Bonchev–Trinajstić information content (AvgIpc) is 3.13. The lowest BCUT2D eigenvalue weighted by molar-refractivity contribution is -0.143. The molecule has 0 spiro atoms. The molecule has 1 fully saturated rings. The number of aromatic nitrogens is 1. The fraction of sp³-hybridized carbons (Fsp3) is 0.409. The normalized spacial score (nSPS) is 17.5. The Balaban J connectivity index is 2.02. The SMILES string of the molecule is CCOC(=O)Cn1cc(/C=C2/SC(=NC(C)C)N(C(C)C)C2=O)c2ccccc21. The minimum atomic E-state index is -0.281. The summed E-state index contributed by atoms with van der Waals surface area (Å²) in [6, 6.07) is 7.99. The maximum absolute atomic E-state index is 13.0. The van der Waals surface area contributed by atoms with Crippen LogP contribution in [0.2, 0.25) is 0 Å². The van der Waals surface area contributed by atoms with Gasteiger partial charge in [0.2, 0.25) is 0 Å². The highest BCUT2D eigenvalue weighted by molar-refractivity contribution is 8.18. The second kappa shape index (κ2) is 8.86. The van der Waals surface area contributed by atoms with Crippen molar-refractivity contribution in [3.63, 3.8) is 0 Å². The van der Waals surface area contributed by atoms with E-state index >= 15 is 0 Å². The largest absolute Gasteiger partial charge is 0.465 e. The van der Waals surface area contributed by atoms with Crippen LogP contribution >= 0.6 is 11.8 Å². The molecule has 0 saturated carbocycles. The lowest BCUT2D eigenvalue weighted by Gasteiger charge is -2.20. The number of hydrogen-bond acceptors (Lipinski definition) is 5. The third kappa shape index (κ3) is 4.56. The number of carbonyl (C=O) groups is 2. The first-order valence-electron chi connectivity index (χ1n) is 9.86. The van der Waals surface area contributed by atoms with Crippen molar-refractivity contribution in [3.05, 3.63) is 40.9 Å². The number of fused-ring (bicyclic) bond motifs is 1. The first-order chi connectivity index (χ1) is 13.8. The molecular weight excluding hydrogens is 386 g/mol. The van der Waals surface area contributed by atoms with Gasteiger partial charge in [-0.2, -0.15) is 0 Å². The van der Waals surface area contributed by atoms with Crippen LogP contribution in [0.4, 0.5) is 0 Å². The van der Waals surface area contributed by atoms with Crippen molar-refractivity contribution in [2.75, 3.05) is 6.61 Å². The molecule has 2 aromatic rings. The van der Waals surface area contributed by atoms with Gasteiger partial charge >= 0.3 is 5.97 Å². The first kappa shape index (κ1) is 21.2. The molecule has 0 bridgehead atoms. The van der Waals surface area contributed by atoms with E-state index in [2.05, 4.69) is 4.99 Å². The van der Waals surface area contributed by atoms with Gasteiger partial charge in [0.15, 0.2) is 5.17 Å². The fourth-order valence-corrected chi connectivity index (χ4v) is 4.48. The van der Waals surface area contributed by atoms with E-state index in [9.17, 15) is 9.59 Å². The molecule has 6 nitrogen and oxygen atoms in total. The molecule has 2 heterocycles. The van der Waals surface area contributed by atoms with Crippen LogP contribution in [0.15, 0.2) is 40.4 Å². The van der Waals surface area contributed by atoms with Gasteiger partial charge in [-0.05, 0) is 58.5 Å². The van der Waals surface area contributed by atoms with Crippen molar-refractivity contribution in [2.45, 2.75) is 53.2 Å². The monoisotopic (exact) mass is 413 g/mol. The standard InChI is InChI=1S/C22H27N3O3S/c1-6-28-20(26)13-24-12-16(17-9-7-8-10-18(17)24)11-19-21(27)25(15(4)5)22(29-19)23-14(2)3/h7-12,14-15H,6,13H2,1-5H3/b19-11+,23-22?. The molecule has 1 aromatic carbocycles. The molecule has 3 rings (SSSR count). The molecular formula is C22H27N3O3S. The van der Waals surface area contributed by atoms with E-state index in [1.165, 1.54) is 11.8 Å². The summed E-state index contributed by atoms with van der Waals surface area (Å²) in [7, 11) is 0. The summed E-state index contributed by atoms with van der Waals surface area (Å²) in [5.74, 6) is -0.317. The van der Waals surface area contributed by atoms with Crippen molar-refractivity contribution < 1.29 is 14.3 Å². The van der Waals surface area contributed by atoms with Crippen molar-refractivity contribution in [2.24, 2.45) is 4.99 Å². The van der Waals surface area contributed by atoms with Crippen LogP contribution in [-0.2, 0) is 20.9 Å². The molecule has 0 N–H and O–H groups in total. The third-order valence-corrected chi connectivity index (χ3v) is 5.43. The lowest BCUT2D eigenvalue weighted by atomic mass is 10.1. The van der Waals surface area contributed by atoms with Gasteiger partial charge in [0.1, 0.15) is 6.54 Å². The summed E-state index contributed by atoms with van der Waals surface area (Å²) in [6.45, 7) is 10.3. The summed E-state index contributed by atoms with van der Waals surface area (Å²) in [4.78, 5) is 32.0. The highest BCUT2D eigenvalue weighted by Crippen LogP contribution is 2.35. The highest BCUT2D eigenvalue weighted by atomic mass is 32.2. The molecule has 1 aromatic heterocycles. The average molecular weight is 414 g/mol. The summed E-state index contributed by atoms with van der Waals surface area (Å²) in [6.07, 6.45) is 3.80.